The molecule has 6 nitrogen and oxygen atoms in total. The molecular weight excluding hydrogens is 509 g/mol. The van der Waals surface area contributed by atoms with Crippen LogP contribution in [0.2, 0.25) is 0 Å². The van der Waals surface area contributed by atoms with E-state index in [9.17, 15) is 14.7 Å². The number of esters is 1. The Morgan fingerprint density at radius 3 is 2.67 bits per heavy atom. The van der Waals surface area contributed by atoms with E-state index in [2.05, 4.69) is 18.8 Å². The van der Waals surface area contributed by atoms with Crippen molar-refractivity contribution in [3.63, 3.8) is 0 Å². The summed E-state index contributed by atoms with van der Waals surface area (Å²) in [6.45, 7) is 8.26. The van der Waals surface area contributed by atoms with Crippen LogP contribution in [0.5, 0.6) is 0 Å². The molecule has 0 aromatic carbocycles. The highest BCUT2D eigenvalue weighted by Crippen LogP contribution is 2.74. The number of allylic oxidation sites excluding steroid dienone is 1. The minimum atomic E-state index is -1.33. The van der Waals surface area contributed by atoms with Gasteiger partial charge >= 0.3 is 5.97 Å². The van der Waals surface area contributed by atoms with Gasteiger partial charge in [-0.3, -0.25) is 9.78 Å². The third-order valence-electron chi connectivity index (χ3n) is 12.6. The Morgan fingerprint density at radius 1 is 1.18 bits per heavy atom. The normalized spacial score (nSPS) is 46.5. The molecule has 40 heavy (non-hydrogen) atoms. The summed E-state index contributed by atoms with van der Waals surface area (Å²) in [5.74, 6) is 0.934. The fourth-order valence-electron chi connectivity index (χ4n) is 10.5. The number of epoxide rings is 1. The van der Waals surface area contributed by atoms with Crippen LogP contribution in [0.25, 0.3) is 5.57 Å². The number of carbonyl (C=O) groups excluding carboxylic acids is 2. The highest BCUT2D eigenvalue weighted by molar-refractivity contribution is 6.24. The van der Waals surface area contributed by atoms with Crippen LogP contribution in [0.4, 0.5) is 4.39 Å². The summed E-state index contributed by atoms with van der Waals surface area (Å²) >= 11 is 0. The molecule has 3 heterocycles. The first-order valence-electron chi connectivity index (χ1n) is 15.1. The third-order valence-corrected chi connectivity index (χ3v) is 12.6. The molecule has 0 bridgehead atoms. The van der Waals surface area contributed by atoms with Crippen LogP contribution in [0.15, 0.2) is 41.6 Å². The number of rotatable bonds is 4. The van der Waals surface area contributed by atoms with E-state index in [1.807, 2.05) is 19.9 Å². The molecule has 7 heteroatoms. The van der Waals surface area contributed by atoms with Crippen LogP contribution in [0, 0.1) is 40.4 Å². The molecule has 1 aromatic heterocycles. The van der Waals surface area contributed by atoms with E-state index in [1.54, 1.807) is 18.3 Å². The number of aliphatic hydroxyl groups is 1. The van der Waals surface area contributed by atoms with Crippen LogP contribution >= 0.6 is 0 Å². The highest BCUT2D eigenvalue weighted by Gasteiger charge is 2.81. The summed E-state index contributed by atoms with van der Waals surface area (Å²) < 4.78 is 28.2. The molecule has 3 saturated carbocycles. The highest BCUT2D eigenvalue weighted by atomic mass is 19.1. The molecule has 1 N–H and O–H groups in total. The number of fused-ring (bicyclic) bond motifs is 4. The summed E-state index contributed by atoms with van der Waals surface area (Å²) in [6.07, 6.45) is 6.79. The number of carbonyl (C=O) groups is 2. The summed E-state index contributed by atoms with van der Waals surface area (Å²) in [6, 6.07) is 5.44. The first-order valence-corrected chi connectivity index (χ1v) is 15.1. The number of alkyl halides is 1. The number of pyridine rings is 1. The molecule has 2 aliphatic heterocycles. The van der Waals surface area contributed by atoms with Crippen molar-refractivity contribution in [3.8, 4) is 0 Å². The summed E-state index contributed by atoms with van der Waals surface area (Å²) in [5, 5.41) is 9.59. The van der Waals surface area contributed by atoms with E-state index in [-0.39, 0.29) is 53.7 Å². The maximum atomic E-state index is 16.0. The van der Waals surface area contributed by atoms with E-state index < -0.39 is 17.2 Å². The Kier molecular flexibility index (Phi) is 5.84. The minimum absolute atomic E-state index is 0.0140. The zero-order valence-electron chi connectivity index (χ0n) is 23.9. The number of aromatic nitrogens is 1. The van der Waals surface area contributed by atoms with Gasteiger partial charge in [-0.15, -0.1) is 0 Å². The van der Waals surface area contributed by atoms with E-state index in [4.69, 9.17) is 9.47 Å². The molecule has 214 valence electrons. The van der Waals surface area contributed by atoms with Crippen LogP contribution in [-0.4, -0.2) is 52.4 Å². The van der Waals surface area contributed by atoms with Gasteiger partial charge in [-0.25, -0.2) is 9.18 Å². The molecular formula is C33H40FNO5. The van der Waals surface area contributed by atoms with Gasteiger partial charge in [0, 0.05) is 18.2 Å². The summed E-state index contributed by atoms with van der Waals surface area (Å²) in [4.78, 5) is 31.3. The van der Waals surface area contributed by atoms with Crippen LogP contribution < -0.4 is 0 Å². The van der Waals surface area contributed by atoms with E-state index in [1.165, 1.54) is 6.08 Å². The van der Waals surface area contributed by atoms with Crippen molar-refractivity contribution in [1.29, 1.82) is 0 Å². The second kappa shape index (κ2) is 8.81. The lowest BCUT2D eigenvalue weighted by Crippen LogP contribution is -2.63. The average Bonchev–Trinajstić information content (AvgIpc) is 3.58. The maximum absolute atomic E-state index is 16.0. The predicted octanol–water partition coefficient (Wildman–Crippen LogP) is 5.25. The van der Waals surface area contributed by atoms with Crippen LogP contribution in [-0.2, 0) is 19.1 Å². The van der Waals surface area contributed by atoms with Gasteiger partial charge in [0.05, 0.1) is 29.4 Å². The number of Topliss-reactive ketones (excluding diaryl/α,β-unsaturated/α-hetero) is 1. The number of hydrogen-bond acceptors (Lipinski definition) is 6. The Hall–Kier alpha value is -2.38. The van der Waals surface area contributed by atoms with Crippen molar-refractivity contribution in [2.45, 2.75) is 90.2 Å². The zero-order valence-corrected chi connectivity index (χ0v) is 23.9. The molecule has 4 fully saturated rings. The standard InChI is InChI=1S/C33H40FNO5/c1-17-13-26(39-30(38)21(17)16-36)18(2)22-8-9-23-19-15-28-33(40-28)27(34)14-20(25-7-5-6-12-35-25)29(37)32(33,4)24(19)10-11-31(22,23)3/h5-7,12,14,18-19,22-24,26-28,36H,8-11,13,15-16H2,1-4H3/t18-,19-,22+,23-,24-,26?,27+,28+,31+,32-,33+/m0/s1. The van der Waals surface area contributed by atoms with E-state index in [0.717, 1.165) is 37.7 Å². The number of cyclic esters (lactones) is 1. The molecule has 0 radical (unpaired) electrons. The Labute approximate surface area is 235 Å². The lowest BCUT2D eigenvalue weighted by atomic mass is 9.44. The van der Waals surface area contributed by atoms with Gasteiger partial charge in [0.1, 0.15) is 11.7 Å². The van der Waals surface area contributed by atoms with Gasteiger partial charge in [0.15, 0.2) is 12.0 Å². The number of halogens is 1. The fourth-order valence-corrected chi connectivity index (χ4v) is 10.5. The molecule has 0 amide bonds. The van der Waals surface area contributed by atoms with E-state index in [0.29, 0.717) is 35.1 Å². The minimum Gasteiger partial charge on any atom is -0.458 e. The number of hydrogen-bond donors (Lipinski definition) is 1. The maximum Gasteiger partial charge on any atom is 0.336 e. The van der Waals surface area contributed by atoms with Gasteiger partial charge in [0.25, 0.3) is 0 Å². The van der Waals surface area contributed by atoms with Crippen molar-refractivity contribution in [1.82, 2.24) is 4.98 Å². The van der Waals surface area contributed by atoms with Gasteiger partial charge in [-0.05, 0) is 99.2 Å². The summed E-state index contributed by atoms with van der Waals surface area (Å²) in [5.41, 5.74) is 0.338. The van der Waals surface area contributed by atoms with Gasteiger partial charge < -0.3 is 14.6 Å². The quantitative estimate of drug-likeness (QED) is 0.408. The first kappa shape index (κ1) is 26.5. The molecule has 11 atom stereocenters. The Morgan fingerprint density at radius 2 is 1.98 bits per heavy atom. The molecule has 1 unspecified atom stereocenters. The van der Waals surface area contributed by atoms with Crippen molar-refractivity contribution < 1.29 is 28.6 Å². The second-order valence-corrected chi connectivity index (χ2v) is 13.9. The Bertz CT molecular complexity index is 1330. The predicted molar refractivity (Wildman–Crippen MR) is 146 cm³/mol. The molecule has 1 aromatic rings. The van der Waals surface area contributed by atoms with Crippen molar-refractivity contribution >= 4 is 17.3 Å². The second-order valence-electron chi connectivity index (χ2n) is 13.9. The summed E-state index contributed by atoms with van der Waals surface area (Å²) in [7, 11) is 0. The van der Waals surface area contributed by atoms with Crippen molar-refractivity contribution in [2.24, 2.45) is 40.4 Å². The lowest BCUT2D eigenvalue weighted by molar-refractivity contribution is -0.154. The van der Waals surface area contributed by atoms with Gasteiger partial charge in [-0.2, -0.15) is 0 Å². The molecule has 7 rings (SSSR count). The SMILES string of the molecule is CC1=C(CO)C(=O)OC([C@@H](C)[C@H]2CC[C@H]3[C@@H]4C[C@H]5O[C@]56[C@H](F)C=C(c5ccccn5)C(=O)[C@]6(C)[C@H]4CC[C@]23C)C1. The first-order chi connectivity index (χ1) is 19.1. The molecule has 6 aliphatic rings. The number of ketones is 1. The Balaban J connectivity index is 1.18. The lowest BCUT2D eigenvalue weighted by Gasteiger charge is -2.58. The van der Waals surface area contributed by atoms with Gasteiger partial charge in [-0.1, -0.05) is 25.5 Å². The molecule has 4 aliphatic carbocycles. The zero-order chi connectivity index (χ0) is 28.2. The van der Waals surface area contributed by atoms with Crippen LogP contribution in [0.3, 0.4) is 0 Å². The van der Waals surface area contributed by atoms with Crippen LogP contribution in [0.1, 0.15) is 71.9 Å². The van der Waals surface area contributed by atoms with E-state index >= 15 is 4.39 Å². The smallest absolute Gasteiger partial charge is 0.336 e. The molecule has 1 spiro atoms. The fraction of sp³-hybridized carbons (Fsp3) is 0.667. The number of nitrogens with zero attached hydrogens (tertiary/aromatic N) is 1. The monoisotopic (exact) mass is 549 g/mol. The number of ether oxygens (including phenoxy) is 2. The average molecular weight is 550 g/mol. The van der Waals surface area contributed by atoms with Crippen molar-refractivity contribution in [3.05, 3.63) is 47.3 Å². The number of aliphatic hydroxyl groups excluding tert-OH is 1. The molecule has 1 saturated heterocycles. The third kappa shape index (κ3) is 3.25. The largest absolute Gasteiger partial charge is 0.458 e. The van der Waals surface area contributed by atoms with Gasteiger partial charge in [0.2, 0.25) is 0 Å². The van der Waals surface area contributed by atoms with Crippen molar-refractivity contribution in [2.75, 3.05) is 6.61 Å². The topological polar surface area (TPSA) is 89.0 Å².